The molecule has 2 heterocycles. The van der Waals surface area contributed by atoms with E-state index in [-0.39, 0.29) is 5.82 Å². The molecule has 0 saturated carbocycles. The van der Waals surface area contributed by atoms with Gasteiger partial charge in [0, 0.05) is 25.4 Å². The van der Waals surface area contributed by atoms with Crippen LogP contribution in [0.3, 0.4) is 0 Å². The van der Waals surface area contributed by atoms with Crippen LogP contribution in [0.2, 0.25) is 0 Å². The Bertz CT molecular complexity index is 577. The summed E-state index contributed by atoms with van der Waals surface area (Å²) in [6.07, 6.45) is 3.64. The maximum atomic E-state index is 11.8. The first-order valence-corrected chi connectivity index (χ1v) is 6.52. The first-order valence-electron chi connectivity index (χ1n) is 5.75. The summed E-state index contributed by atoms with van der Waals surface area (Å²) in [5, 5.41) is 7.81. The molecule has 0 amide bonds. The zero-order valence-electron chi connectivity index (χ0n) is 10.7. The van der Waals surface area contributed by atoms with Gasteiger partial charge in [-0.3, -0.25) is 4.68 Å². The highest BCUT2D eigenvalue weighted by molar-refractivity contribution is 7.11. The molecule has 0 fully saturated rings. The average Bonchev–Trinajstić information content (AvgIpc) is 2.93. The molecule has 0 bridgehead atoms. The number of carbonyl (C=O) groups is 1. The van der Waals surface area contributed by atoms with Gasteiger partial charge in [0.1, 0.15) is 10.6 Å². The number of aromatic nitrogens is 3. The number of nitrogens with zero attached hydrogens (tertiary/aromatic N) is 3. The van der Waals surface area contributed by atoms with E-state index in [0.29, 0.717) is 23.7 Å². The summed E-state index contributed by atoms with van der Waals surface area (Å²) in [5.41, 5.74) is 6.99. The highest BCUT2D eigenvalue weighted by atomic mass is 32.1. The van der Waals surface area contributed by atoms with Crippen molar-refractivity contribution in [1.82, 2.24) is 14.2 Å². The number of carbonyl (C=O) groups excluding carboxylic acids is 1. The lowest BCUT2D eigenvalue weighted by atomic mass is 10.3. The fraction of sp³-hybridized carbons (Fsp3) is 0.364. The highest BCUT2D eigenvalue weighted by Gasteiger charge is 2.20. The molecular weight excluding hydrogens is 266 g/mol. The van der Waals surface area contributed by atoms with Crippen molar-refractivity contribution in [3.05, 3.63) is 23.5 Å². The normalized spacial score (nSPS) is 10.4. The van der Waals surface area contributed by atoms with E-state index in [2.05, 4.69) is 14.8 Å². The lowest BCUT2D eigenvalue weighted by molar-refractivity contribution is 0.0529. The standard InChI is InChI=1S/C11H15N5O2S/c1-3-18-11(17)8-9(12)15-19-10(8)13-4-7-5-14-16(2)6-7/h5-6,13H,3-4H2,1-2H3,(H2,12,15). The van der Waals surface area contributed by atoms with Crippen molar-refractivity contribution in [2.24, 2.45) is 7.05 Å². The van der Waals surface area contributed by atoms with E-state index in [4.69, 9.17) is 10.5 Å². The Kier molecular flexibility index (Phi) is 4.00. The Morgan fingerprint density at radius 2 is 2.42 bits per heavy atom. The Hall–Kier alpha value is -2.09. The highest BCUT2D eigenvalue weighted by Crippen LogP contribution is 2.27. The van der Waals surface area contributed by atoms with Crippen molar-refractivity contribution in [2.75, 3.05) is 17.7 Å². The molecule has 8 heteroatoms. The van der Waals surface area contributed by atoms with Crippen molar-refractivity contribution >= 4 is 28.3 Å². The third-order valence-electron chi connectivity index (χ3n) is 2.41. The summed E-state index contributed by atoms with van der Waals surface area (Å²) in [4.78, 5) is 11.8. The number of hydrogen-bond acceptors (Lipinski definition) is 7. The van der Waals surface area contributed by atoms with Crippen LogP contribution in [0.25, 0.3) is 0 Å². The minimum atomic E-state index is -0.456. The molecular formula is C11H15N5O2S. The van der Waals surface area contributed by atoms with Gasteiger partial charge in [-0.1, -0.05) is 0 Å². The summed E-state index contributed by atoms with van der Waals surface area (Å²) in [7, 11) is 1.85. The molecule has 0 aliphatic heterocycles. The van der Waals surface area contributed by atoms with Crippen LogP contribution < -0.4 is 11.1 Å². The molecule has 0 radical (unpaired) electrons. The Balaban J connectivity index is 2.10. The number of nitrogens with one attached hydrogen (secondary N) is 1. The number of anilines is 2. The predicted octanol–water partition coefficient (Wildman–Crippen LogP) is 1.25. The minimum Gasteiger partial charge on any atom is -0.462 e. The van der Waals surface area contributed by atoms with E-state index < -0.39 is 5.97 Å². The predicted molar refractivity (Wildman–Crippen MR) is 73.0 cm³/mol. The van der Waals surface area contributed by atoms with Crippen molar-refractivity contribution in [3.63, 3.8) is 0 Å². The van der Waals surface area contributed by atoms with Gasteiger partial charge < -0.3 is 15.8 Å². The van der Waals surface area contributed by atoms with Crippen molar-refractivity contribution in [1.29, 1.82) is 0 Å². The second-order valence-electron chi connectivity index (χ2n) is 3.87. The van der Waals surface area contributed by atoms with E-state index in [1.807, 2.05) is 13.2 Å². The van der Waals surface area contributed by atoms with Gasteiger partial charge >= 0.3 is 5.97 Å². The van der Waals surface area contributed by atoms with E-state index >= 15 is 0 Å². The number of hydrogen-bond donors (Lipinski definition) is 2. The number of rotatable bonds is 5. The van der Waals surface area contributed by atoms with Crippen LogP contribution in [-0.2, 0) is 18.3 Å². The van der Waals surface area contributed by atoms with Crippen LogP contribution in [-0.4, -0.2) is 26.7 Å². The van der Waals surface area contributed by atoms with Gasteiger partial charge in [0.2, 0.25) is 0 Å². The molecule has 7 nitrogen and oxygen atoms in total. The molecule has 3 N–H and O–H groups in total. The lowest BCUT2D eigenvalue weighted by Gasteiger charge is -2.05. The zero-order valence-corrected chi connectivity index (χ0v) is 11.5. The van der Waals surface area contributed by atoms with E-state index in [1.54, 1.807) is 17.8 Å². The fourth-order valence-corrected chi connectivity index (χ4v) is 2.27. The number of nitrogen functional groups attached to an aromatic ring is 1. The van der Waals surface area contributed by atoms with E-state index in [1.165, 1.54) is 0 Å². The molecule has 0 unspecified atom stereocenters. The maximum Gasteiger partial charge on any atom is 0.344 e. The SMILES string of the molecule is CCOC(=O)c1c(N)nsc1NCc1cnn(C)c1. The van der Waals surface area contributed by atoms with Crippen LogP contribution in [0.1, 0.15) is 22.8 Å². The Morgan fingerprint density at radius 3 is 3.05 bits per heavy atom. The van der Waals surface area contributed by atoms with Gasteiger partial charge in [0.05, 0.1) is 12.8 Å². The van der Waals surface area contributed by atoms with Crippen LogP contribution in [0.4, 0.5) is 10.8 Å². The van der Waals surface area contributed by atoms with Gasteiger partial charge in [-0.05, 0) is 18.5 Å². The fourth-order valence-electron chi connectivity index (χ4n) is 1.57. The maximum absolute atomic E-state index is 11.8. The summed E-state index contributed by atoms with van der Waals surface area (Å²) in [5.74, 6) is -0.264. The quantitative estimate of drug-likeness (QED) is 0.801. The summed E-state index contributed by atoms with van der Waals surface area (Å²) >= 11 is 1.14. The summed E-state index contributed by atoms with van der Waals surface area (Å²) < 4.78 is 10.6. The monoisotopic (exact) mass is 281 g/mol. The van der Waals surface area contributed by atoms with Crippen LogP contribution in [0, 0.1) is 0 Å². The Labute approximate surface area is 114 Å². The molecule has 0 aromatic carbocycles. The largest absolute Gasteiger partial charge is 0.462 e. The molecule has 2 aromatic heterocycles. The molecule has 0 aliphatic rings. The number of esters is 1. The molecule has 2 aromatic rings. The third-order valence-corrected chi connectivity index (χ3v) is 3.23. The summed E-state index contributed by atoms with van der Waals surface area (Å²) in [6.45, 7) is 2.59. The molecule has 0 atom stereocenters. The van der Waals surface area contributed by atoms with Crippen LogP contribution in [0.5, 0.6) is 0 Å². The molecule has 0 saturated heterocycles. The lowest BCUT2D eigenvalue weighted by Crippen LogP contribution is -2.09. The molecule has 102 valence electrons. The molecule has 19 heavy (non-hydrogen) atoms. The average molecular weight is 281 g/mol. The van der Waals surface area contributed by atoms with Gasteiger partial charge in [0.25, 0.3) is 0 Å². The molecule has 0 aliphatic carbocycles. The Morgan fingerprint density at radius 1 is 1.63 bits per heavy atom. The van der Waals surface area contributed by atoms with Crippen molar-refractivity contribution in [3.8, 4) is 0 Å². The van der Waals surface area contributed by atoms with E-state index in [0.717, 1.165) is 17.1 Å². The third kappa shape index (κ3) is 3.02. The van der Waals surface area contributed by atoms with Gasteiger partial charge in [-0.2, -0.15) is 9.47 Å². The molecule has 0 spiro atoms. The second kappa shape index (κ2) is 5.70. The smallest absolute Gasteiger partial charge is 0.344 e. The number of nitrogens with two attached hydrogens (primary N) is 1. The number of aryl methyl sites for hydroxylation is 1. The van der Waals surface area contributed by atoms with Gasteiger partial charge in [-0.15, -0.1) is 0 Å². The first kappa shape index (κ1) is 13.3. The minimum absolute atomic E-state index is 0.192. The zero-order chi connectivity index (χ0) is 13.8. The van der Waals surface area contributed by atoms with E-state index in [9.17, 15) is 4.79 Å². The van der Waals surface area contributed by atoms with Crippen molar-refractivity contribution < 1.29 is 9.53 Å². The van der Waals surface area contributed by atoms with Crippen LogP contribution >= 0.6 is 11.5 Å². The van der Waals surface area contributed by atoms with Gasteiger partial charge in [-0.25, -0.2) is 4.79 Å². The van der Waals surface area contributed by atoms with Crippen molar-refractivity contribution in [2.45, 2.75) is 13.5 Å². The van der Waals surface area contributed by atoms with Gasteiger partial charge in [0.15, 0.2) is 5.82 Å². The second-order valence-corrected chi connectivity index (χ2v) is 4.64. The number of ether oxygens (including phenoxy) is 1. The first-order chi connectivity index (χ1) is 9.11. The van der Waals surface area contributed by atoms with Crippen LogP contribution in [0.15, 0.2) is 12.4 Å². The summed E-state index contributed by atoms with van der Waals surface area (Å²) in [6, 6.07) is 0. The topological polar surface area (TPSA) is 95.1 Å². The molecule has 2 rings (SSSR count).